The Hall–Kier alpha value is -1.65. The number of imidazole rings is 1. The zero-order valence-corrected chi connectivity index (χ0v) is 7.70. The summed E-state index contributed by atoms with van der Waals surface area (Å²) < 4.78 is 1.87. The van der Waals surface area contributed by atoms with Crippen molar-refractivity contribution in [2.24, 2.45) is 0 Å². The van der Waals surface area contributed by atoms with Gasteiger partial charge in [-0.15, -0.1) is 0 Å². The van der Waals surface area contributed by atoms with Crippen molar-refractivity contribution in [2.75, 3.05) is 0 Å². The fourth-order valence-corrected chi connectivity index (χ4v) is 1.17. The lowest BCUT2D eigenvalue weighted by atomic mass is 10.5. The topological polar surface area (TPSA) is 61.1 Å². The predicted octanol–water partition coefficient (Wildman–Crippen LogP) is 0.278. The Labute approximate surface area is 74.6 Å². The fourth-order valence-electron chi connectivity index (χ4n) is 1.17. The molecule has 5 nitrogen and oxygen atoms in total. The third-order valence-electron chi connectivity index (χ3n) is 1.72. The van der Waals surface area contributed by atoms with E-state index in [4.69, 9.17) is 0 Å². The first-order valence-corrected chi connectivity index (χ1v) is 3.78. The van der Waals surface area contributed by atoms with E-state index in [1.807, 2.05) is 0 Å². The highest BCUT2D eigenvalue weighted by Crippen LogP contribution is 1.94. The van der Waals surface area contributed by atoms with E-state index in [1.54, 1.807) is 6.92 Å². The zero-order chi connectivity index (χ0) is 10.2. The number of rotatable bonds is 0. The average Bonchev–Trinajstić information content (AvgIpc) is 2.26. The van der Waals surface area contributed by atoms with Gasteiger partial charge in [0.25, 0.3) is 0 Å². The van der Waals surface area contributed by atoms with Crippen molar-refractivity contribution in [3.8, 4) is 0 Å². The molecule has 1 aromatic heterocycles. The van der Waals surface area contributed by atoms with Crippen molar-refractivity contribution in [1.29, 1.82) is 0 Å². The number of nitrogens with zero attached hydrogens (tertiary/aromatic N) is 2. The van der Waals surface area contributed by atoms with E-state index in [2.05, 4.69) is 0 Å². The van der Waals surface area contributed by atoms with E-state index in [9.17, 15) is 14.4 Å². The third-order valence-corrected chi connectivity index (χ3v) is 1.72. The van der Waals surface area contributed by atoms with Crippen LogP contribution in [0.1, 0.15) is 29.1 Å². The molecule has 1 aromatic rings. The van der Waals surface area contributed by atoms with Crippen LogP contribution in [0.5, 0.6) is 0 Å². The molecular weight excluding hydrogens is 172 g/mol. The SMILES string of the molecule is CC(=O)n1cc(C)n(C(C)=O)c1=O. The fraction of sp³-hybridized carbons (Fsp3) is 0.375. The summed E-state index contributed by atoms with van der Waals surface area (Å²) in [6, 6.07) is 0. The van der Waals surface area contributed by atoms with E-state index in [-0.39, 0.29) is 5.91 Å². The van der Waals surface area contributed by atoms with Crippen LogP contribution in [-0.4, -0.2) is 20.9 Å². The molecule has 70 valence electrons. The highest BCUT2D eigenvalue weighted by molar-refractivity contribution is 5.80. The van der Waals surface area contributed by atoms with Crippen molar-refractivity contribution >= 4 is 11.8 Å². The van der Waals surface area contributed by atoms with Crippen molar-refractivity contribution < 1.29 is 9.59 Å². The first kappa shape index (κ1) is 9.44. The van der Waals surface area contributed by atoms with Gasteiger partial charge in [0.15, 0.2) is 0 Å². The number of aryl methyl sites for hydroxylation is 1. The maximum absolute atomic E-state index is 11.4. The first-order chi connectivity index (χ1) is 5.95. The summed E-state index contributed by atoms with van der Waals surface area (Å²) in [6.45, 7) is 4.15. The molecule has 0 spiro atoms. The summed E-state index contributed by atoms with van der Waals surface area (Å²) in [7, 11) is 0. The van der Waals surface area contributed by atoms with Crippen LogP contribution in [0, 0.1) is 6.92 Å². The smallest absolute Gasteiger partial charge is 0.274 e. The molecule has 0 N–H and O–H groups in total. The molecule has 0 saturated heterocycles. The monoisotopic (exact) mass is 182 g/mol. The van der Waals surface area contributed by atoms with Gasteiger partial charge in [0.2, 0.25) is 11.8 Å². The molecule has 0 amide bonds. The van der Waals surface area contributed by atoms with Gasteiger partial charge in [0.05, 0.1) is 0 Å². The Morgan fingerprint density at radius 3 is 2.00 bits per heavy atom. The lowest BCUT2D eigenvalue weighted by molar-refractivity contribution is 0.0920. The van der Waals surface area contributed by atoms with Gasteiger partial charge in [-0.05, 0) is 6.92 Å². The van der Waals surface area contributed by atoms with Crippen LogP contribution in [0.25, 0.3) is 0 Å². The molecule has 0 radical (unpaired) electrons. The van der Waals surface area contributed by atoms with E-state index in [1.165, 1.54) is 20.0 Å². The molecule has 0 saturated carbocycles. The second kappa shape index (κ2) is 3.01. The Morgan fingerprint density at radius 2 is 1.77 bits per heavy atom. The van der Waals surface area contributed by atoms with Crippen LogP contribution >= 0.6 is 0 Å². The number of hydrogen-bond acceptors (Lipinski definition) is 3. The van der Waals surface area contributed by atoms with Gasteiger partial charge in [-0.1, -0.05) is 0 Å². The summed E-state index contributed by atoms with van der Waals surface area (Å²) >= 11 is 0. The number of carbonyl (C=O) groups is 2. The minimum Gasteiger partial charge on any atom is -0.274 e. The molecule has 13 heavy (non-hydrogen) atoms. The zero-order valence-electron chi connectivity index (χ0n) is 7.70. The van der Waals surface area contributed by atoms with Gasteiger partial charge in [-0.2, -0.15) is 0 Å². The lowest BCUT2D eigenvalue weighted by Crippen LogP contribution is -2.30. The molecule has 0 unspecified atom stereocenters. The standard InChI is InChI=1S/C8H10N2O3/c1-5-4-9(6(2)11)8(13)10(5)7(3)12/h4H,1-3H3. The second-order valence-corrected chi connectivity index (χ2v) is 2.80. The van der Waals surface area contributed by atoms with Crippen molar-refractivity contribution in [3.63, 3.8) is 0 Å². The highest BCUT2D eigenvalue weighted by Gasteiger charge is 2.12. The van der Waals surface area contributed by atoms with Crippen LogP contribution in [0.3, 0.4) is 0 Å². The normalized spacial score (nSPS) is 10.1. The summed E-state index contributed by atoms with van der Waals surface area (Å²) in [5.74, 6) is -0.782. The van der Waals surface area contributed by atoms with E-state index in [0.717, 1.165) is 9.13 Å². The van der Waals surface area contributed by atoms with Gasteiger partial charge < -0.3 is 0 Å². The average molecular weight is 182 g/mol. The van der Waals surface area contributed by atoms with Gasteiger partial charge in [0.1, 0.15) is 0 Å². The van der Waals surface area contributed by atoms with Crippen LogP contribution < -0.4 is 5.69 Å². The maximum Gasteiger partial charge on any atom is 0.342 e. The molecule has 0 aromatic carbocycles. The lowest BCUT2D eigenvalue weighted by Gasteiger charge is -1.94. The molecule has 1 heterocycles. The largest absolute Gasteiger partial charge is 0.342 e. The Morgan fingerprint density at radius 1 is 1.23 bits per heavy atom. The molecule has 5 heteroatoms. The first-order valence-electron chi connectivity index (χ1n) is 3.78. The van der Waals surface area contributed by atoms with Crippen LogP contribution in [0.2, 0.25) is 0 Å². The molecule has 0 fully saturated rings. The number of carbonyl (C=O) groups excluding carboxylic acids is 2. The van der Waals surface area contributed by atoms with Crippen LogP contribution in [-0.2, 0) is 0 Å². The molecule has 0 aliphatic rings. The second-order valence-electron chi connectivity index (χ2n) is 2.80. The molecule has 0 atom stereocenters. The Kier molecular flexibility index (Phi) is 2.18. The van der Waals surface area contributed by atoms with Crippen LogP contribution in [0.4, 0.5) is 0 Å². The Balaban J connectivity index is 3.49. The molecule has 0 bridgehead atoms. The minimum absolute atomic E-state index is 0.387. The van der Waals surface area contributed by atoms with Crippen molar-refractivity contribution in [2.45, 2.75) is 20.8 Å². The van der Waals surface area contributed by atoms with E-state index >= 15 is 0 Å². The number of hydrogen-bond donors (Lipinski definition) is 0. The molecule has 0 aliphatic heterocycles. The van der Waals surface area contributed by atoms with Gasteiger partial charge in [-0.3, -0.25) is 9.59 Å². The Bertz CT molecular complexity index is 425. The van der Waals surface area contributed by atoms with E-state index < -0.39 is 11.6 Å². The number of aromatic nitrogens is 2. The summed E-state index contributed by atoms with van der Waals surface area (Å²) in [5.41, 5.74) is -0.134. The quantitative estimate of drug-likeness (QED) is 0.579. The van der Waals surface area contributed by atoms with Crippen molar-refractivity contribution in [3.05, 3.63) is 22.4 Å². The molecular formula is C8H10N2O3. The predicted molar refractivity (Wildman–Crippen MR) is 46.0 cm³/mol. The third kappa shape index (κ3) is 1.44. The van der Waals surface area contributed by atoms with Gasteiger partial charge in [-0.25, -0.2) is 13.9 Å². The maximum atomic E-state index is 11.4. The molecule has 1 rings (SSSR count). The van der Waals surface area contributed by atoms with Crippen LogP contribution in [0.15, 0.2) is 11.0 Å². The van der Waals surface area contributed by atoms with Gasteiger partial charge >= 0.3 is 5.69 Å². The summed E-state index contributed by atoms with van der Waals surface area (Å²) in [6.07, 6.45) is 1.35. The van der Waals surface area contributed by atoms with Crippen molar-refractivity contribution in [1.82, 2.24) is 9.13 Å². The minimum atomic E-state index is -0.600. The van der Waals surface area contributed by atoms with E-state index in [0.29, 0.717) is 5.69 Å². The highest BCUT2D eigenvalue weighted by atomic mass is 16.2. The summed E-state index contributed by atoms with van der Waals surface area (Å²) in [5, 5.41) is 0. The molecule has 0 aliphatic carbocycles. The summed E-state index contributed by atoms with van der Waals surface area (Å²) in [4.78, 5) is 33.2. The van der Waals surface area contributed by atoms with Gasteiger partial charge in [0, 0.05) is 25.7 Å².